The Bertz CT molecular complexity index is 212. The number of nitrogens with one attached hydrogen (secondary N) is 1. The van der Waals surface area contributed by atoms with E-state index >= 15 is 0 Å². The number of piperidine rings is 1. The zero-order valence-corrected chi connectivity index (χ0v) is 11.0. The van der Waals surface area contributed by atoms with Crippen LogP contribution in [-0.4, -0.2) is 37.6 Å². The quantitative estimate of drug-likeness (QED) is 0.819. The van der Waals surface area contributed by atoms with Gasteiger partial charge in [-0.15, -0.1) is 12.4 Å². The molecular weight excluding hydrogens is 220 g/mol. The lowest BCUT2D eigenvalue weighted by molar-refractivity contribution is 0.232. The zero-order valence-electron chi connectivity index (χ0n) is 10.2. The summed E-state index contributed by atoms with van der Waals surface area (Å²) < 4.78 is 0. The largest absolute Gasteiger partial charge is 0.317 e. The van der Waals surface area contributed by atoms with Crippen LogP contribution in [0.5, 0.6) is 0 Å². The Labute approximate surface area is 106 Å². The molecule has 3 fully saturated rings. The van der Waals surface area contributed by atoms with Crippen LogP contribution in [0.1, 0.15) is 32.1 Å². The summed E-state index contributed by atoms with van der Waals surface area (Å²) in [6.07, 6.45) is 7.38. The fourth-order valence-corrected chi connectivity index (χ4v) is 3.41. The molecule has 3 rings (SSSR count). The van der Waals surface area contributed by atoms with Crippen molar-refractivity contribution in [3.05, 3.63) is 0 Å². The van der Waals surface area contributed by atoms with Gasteiger partial charge in [-0.2, -0.15) is 0 Å². The van der Waals surface area contributed by atoms with Gasteiger partial charge in [0.05, 0.1) is 0 Å². The Kier molecular flexibility index (Phi) is 4.51. The van der Waals surface area contributed by atoms with Crippen LogP contribution in [0.2, 0.25) is 0 Å². The van der Waals surface area contributed by atoms with E-state index in [2.05, 4.69) is 10.2 Å². The Balaban J connectivity index is 0.000000963. The molecule has 3 heteroatoms. The Morgan fingerprint density at radius 3 is 2.38 bits per heavy atom. The van der Waals surface area contributed by atoms with Crippen molar-refractivity contribution in [3.63, 3.8) is 0 Å². The fourth-order valence-electron chi connectivity index (χ4n) is 3.41. The standard InChI is InChI=1S/C13H24N2.ClH/c1-2-12(1)13-5-8-15(10-13)9-11-3-6-14-7-4-11;/h11-14H,1-10H2;1H. The summed E-state index contributed by atoms with van der Waals surface area (Å²) in [6, 6.07) is 0. The monoisotopic (exact) mass is 244 g/mol. The van der Waals surface area contributed by atoms with Crippen LogP contribution in [0.3, 0.4) is 0 Å². The molecule has 2 aliphatic heterocycles. The molecule has 2 saturated heterocycles. The van der Waals surface area contributed by atoms with Crippen molar-refractivity contribution in [1.29, 1.82) is 0 Å². The topological polar surface area (TPSA) is 15.3 Å². The van der Waals surface area contributed by atoms with E-state index in [9.17, 15) is 0 Å². The van der Waals surface area contributed by atoms with E-state index < -0.39 is 0 Å². The zero-order chi connectivity index (χ0) is 10.1. The van der Waals surface area contributed by atoms with Crippen LogP contribution in [0.15, 0.2) is 0 Å². The minimum atomic E-state index is 0. The van der Waals surface area contributed by atoms with Crippen molar-refractivity contribution in [3.8, 4) is 0 Å². The Morgan fingerprint density at radius 2 is 1.69 bits per heavy atom. The molecule has 1 atom stereocenters. The van der Waals surface area contributed by atoms with E-state index in [4.69, 9.17) is 0 Å². The van der Waals surface area contributed by atoms with Gasteiger partial charge in [-0.25, -0.2) is 0 Å². The van der Waals surface area contributed by atoms with E-state index in [1.54, 1.807) is 0 Å². The van der Waals surface area contributed by atoms with Gasteiger partial charge in [-0.3, -0.25) is 0 Å². The Morgan fingerprint density at radius 1 is 0.938 bits per heavy atom. The van der Waals surface area contributed by atoms with Crippen LogP contribution >= 0.6 is 12.4 Å². The van der Waals surface area contributed by atoms with Crippen LogP contribution in [0, 0.1) is 17.8 Å². The first-order valence-corrected chi connectivity index (χ1v) is 6.85. The third kappa shape index (κ3) is 3.12. The molecule has 1 N–H and O–H groups in total. The second kappa shape index (κ2) is 5.70. The minimum Gasteiger partial charge on any atom is -0.317 e. The van der Waals surface area contributed by atoms with Crippen molar-refractivity contribution in [2.24, 2.45) is 17.8 Å². The molecular formula is C13H25ClN2. The molecule has 2 nitrogen and oxygen atoms in total. The molecule has 0 aromatic rings. The number of halogens is 1. The van der Waals surface area contributed by atoms with Gasteiger partial charge in [0.2, 0.25) is 0 Å². The third-order valence-corrected chi connectivity index (χ3v) is 4.57. The van der Waals surface area contributed by atoms with E-state index in [0.29, 0.717) is 0 Å². The third-order valence-electron chi connectivity index (χ3n) is 4.57. The molecule has 1 saturated carbocycles. The van der Waals surface area contributed by atoms with Crippen LogP contribution in [-0.2, 0) is 0 Å². The summed E-state index contributed by atoms with van der Waals surface area (Å²) in [5.41, 5.74) is 0. The average molecular weight is 245 g/mol. The van der Waals surface area contributed by atoms with Crippen molar-refractivity contribution < 1.29 is 0 Å². The Hall–Kier alpha value is 0.210. The smallest absolute Gasteiger partial charge is 0.00129 e. The number of nitrogens with zero attached hydrogens (tertiary/aromatic N) is 1. The number of likely N-dealkylation sites (tertiary alicyclic amines) is 1. The average Bonchev–Trinajstić information content (AvgIpc) is 3.02. The fraction of sp³-hybridized carbons (Fsp3) is 1.00. The highest BCUT2D eigenvalue weighted by Gasteiger charge is 2.36. The van der Waals surface area contributed by atoms with Gasteiger partial charge in [-0.1, -0.05) is 0 Å². The lowest BCUT2D eigenvalue weighted by Crippen LogP contribution is -2.35. The summed E-state index contributed by atoms with van der Waals surface area (Å²) >= 11 is 0. The highest BCUT2D eigenvalue weighted by atomic mass is 35.5. The molecule has 0 amide bonds. The highest BCUT2D eigenvalue weighted by Crippen LogP contribution is 2.41. The lowest BCUT2D eigenvalue weighted by Gasteiger charge is -2.27. The van der Waals surface area contributed by atoms with Crippen LogP contribution in [0.25, 0.3) is 0 Å². The second-order valence-corrected chi connectivity index (χ2v) is 5.84. The molecule has 2 heterocycles. The molecule has 0 aromatic heterocycles. The maximum Gasteiger partial charge on any atom is 0.00129 e. The molecule has 94 valence electrons. The molecule has 16 heavy (non-hydrogen) atoms. The van der Waals surface area contributed by atoms with E-state index in [0.717, 1.165) is 17.8 Å². The highest BCUT2D eigenvalue weighted by molar-refractivity contribution is 5.85. The summed E-state index contributed by atoms with van der Waals surface area (Å²) in [5.74, 6) is 3.19. The summed E-state index contributed by atoms with van der Waals surface area (Å²) in [7, 11) is 0. The minimum absolute atomic E-state index is 0. The molecule has 1 unspecified atom stereocenters. The van der Waals surface area contributed by atoms with Crippen molar-refractivity contribution in [2.75, 3.05) is 32.7 Å². The van der Waals surface area contributed by atoms with Gasteiger partial charge in [0.1, 0.15) is 0 Å². The van der Waals surface area contributed by atoms with Gasteiger partial charge < -0.3 is 10.2 Å². The van der Waals surface area contributed by atoms with E-state index in [1.807, 2.05) is 0 Å². The van der Waals surface area contributed by atoms with Crippen LogP contribution in [0.4, 0.5) is 0 Å². The van der Waals surface area contributed by atoms with Gasteiger partial charge in [0.15, 0.2) is 0 Å². The predicted octanol–water partition coefficient (Wildman–Crippen LogP) is 2.14. The normalized spacial score (nSPS) is 32.6. The second-order valence-electron chi connectivity index (χ2n) is 5.84. The molecule has 0 radical (unpaired) electrons. The summed E-state index contributed by atoms with van der Waals surface area (Å²) in [6.45, 7) is 6.72. The molecule has 0 spiro atoms. The first-order valence-electron chi connectivity index (χ1n) is 6.85. The van der Waals surface area contributed by atoms with Gasteiger partial charge in [0.25, 0.3) is 0 Å². The van der Waals surface area contributed by atoms with Gasteiger partial charge in [0, 0.05) is 13.1 Å². The van der Waals surface area contributed by atoms with E-state index in [1.165, 1.54) is 64.8 Å². The SMILES string of the molecule is C1CC(CN2CCC(C3CC3)C2)CCN1.Cl. The van der Waals surface area contributed by atoms with Crippen LogP contribution < -0.4 is 5.32 Å². The van der Waals surface area contributed by atoms with Crippen molar-refractivity contribution >= 4 is 12.4 Å². The number of rotatable bonds is 3. The predicted molar refractivity (Wildman–Crippen MR) is 70.1 cm³/mol. The van der Waals surface area contributed by atoms with Crippen molar-refractivity contribution in [2.45, 2.75) is 32.1 Å². The maximum atomic E-state index is 3.46. The lowest BCUT2D eigenvalue weighted by atomic mass is 9.97. The van der Waals surface area contributed by atoms with Gasteiger partial charge >= 0.3 is 0 Å². The molecule has 1 aliphatic carbocycles. The van der Waals surface area contributed by atoms with Crippen molar-refractivity contribution in [1.82, 2.24) is 10.2 Å². The van der Waals surface area contributed by atoms with Gasteiger partial charge in [-0.05, 0) is 69.5 Å². The number of hydrogen-bond acceptors (Lipinski definition) is 2. The first-order chi connectivity index (χ1) is 7.42. The summed E-state index contributed by atoms with van der Waals surface area (Å²) in [5, 5.41) is 3.46. The molecule has 0 bridgehead atoms. The molecule has 3 aliphatic rings. The maximum absolute atomic E-state index is 3.46. The first kappa shape index (κ1) is 12.7. The summed E-state index contributed by atoms with van der Waals surface area (Å²) in [4.78, 5) is 2.75. The molecule has 0 aromatic carbocycles. The van der Waals surface area contributed by atoms with E-state index in [-0.39, 0.29) is 12.4 Å². The number of hydrogen-bond donors (Lipinski definition) is 1.